The number of nitrogens with two attached hydrogens (primary N) is 1. The molecule has 4 rings (SSSR count). The number of aromatic nitrogens is 2. The molecule has 3 N–H and O–H groups in total. The van der Waals surface area contributed by atoms with E-state index in [2.05, 4.69) is 25.0 Å². The maximum absolute atomic E-state index is 15.6. The van der Waals surface area contributed by atoms with Gasteiger partial charge < -0.3 is 20.5 Å². The van der Waals surface area contributed by atoms with Gasteiger partial charge in [0.2, 0.25) is 5.88 Å². The number of ether oxygens (including phenoxy) is 2. The molecule has 1 aromatic carbocycles. The lowest BCUT2D eigenvalue weighted by atomic mass is 9.79. The maximum atomic E-state index is 15.6. The number of hydrogen-bond acceptors (Lipinski definition) is 8. The topological polar surface area (TPSA) is 112 Å². The van der Waals surface area contributed by atoms with Crippen LogP contribution in [0.2, 0.25) is 0 Å². The van der Waals surface area contributed by atoms with Gasteiger partial charge in [0.15, 0.2) is 23.0 Å². The van der Waals surface area contributed by atoms with Gasteiger partial charge in [-0.05, 0) is 18.2 Å². The first kappa shape index (κ1) is 23.2. The molecule has 0 aliphatic carbocycles. The molecular formula is C19H16F5N5O3S. The molecule has 0 spiro atoms. The minimum atomic E-state index is -4.55. The van der Waals surface area contributed by atoms with E-state index in [0.29, 0.717) is 0 Å². The Morgan fingerprint density at radius 3 is 2.76 bits per heavy atom. The minimum absolute atomic E-state index is 0.0727. The second-order valence-electron chi connectivity index (χ2n) is 7.35. The highest BCUT2D eigenvalue weighted by Gasteiger charge is 2.61. The second-order valence-corrected chi connectivity index (χ2v) is 8.35. The van der Waals surface area contributed by atoms with E-state index in [1.165, 1.54) is 12.1 Å². The SMILES string of the molecule is NC1=NC2(c3cc(NC(=O)c4cnc(OCC(F)(F)F)cn4)ccc3F)COCC2(F)CS1. The molecule has 0 radical (unpaired) electrons. The van der Waals surface area contributed by atoms with Crippen LogP contribution in [0.4, 0.5) is 27.6 Å². The number of rotatable bonds is 5. The van der Waals surface area contributed by atoms with Gasteiger partial charge in [-0.3, -0.25) is 4.79 Å². The first-order chi connectivity index (χ1) is 15.5. The van der Waals surface area contributed by atoms with E-state index in [-0.39, 0.29) is 41.1 Å². The molecule has 2 unspecified atom stereocenters. The minimum Gasteiger partial charge on any atom is -0.467 e. The molecule has 1 aromatic heterocycles. The summed E-state index contributed by atoms with van der Waals surface area (Å²) in [7, 11) is 0. The van der Waals surface area contributed by atoms with Crippen molar-refractivity contribution in [1.29, 1.82) is 0 Å². The Labute approximate surface area is 187 Å². The Balaban J connectivity index is 1.55. The van der Waals surface area contributed by atoms with Crippen molar-refractivity contribution >= 4 is 28.5 Å². The number of amides is 1. The van der Waals surface area contributed by atoms with Gasteiger partial charge in [-0.25, -0.2) is 23.7 Å². The third-order valence-electron chi connectivity index (χ3n) is 5.05. The number of thioether (sulfide) groups is 1. The summed E-state index contributed by atoms with van der Waals surface area (Å²) in [5.74, 6) is -2.03. The van der Waals surface area contributed by atoms with Gasteiger partial charge in [-0.1, -0.05) is 11.8 Å². The molecule has 3 heterocycles. The zero-order valence-corrected chi connectivity index (χ0v) is 17.5. The molecule has 0 bridgehead atoms. The molecule has 176 valence electrons. The van der Waals surface area contributed by atoms with Crippen molar-refractivity contribution in [3.63, 3.8) is 0 Å². The lowest BCUT2D eigenvalue weighted by Crippen LogP contribution is -2.52. The van der Waals surface area contributed by atoms with Gasteiger partial charge in [0, 0.05) is 17.0 Å². The van der Waals surface area contributed by atoms with Crippen LogP contribution in [0.1, 0.15) is 16.1 Å². The van der Waals surface area contributed by atoms with Gasteiger partial charge in [0.1, 0.15) is 11.5 Å². The van der Waals surface area contributed by atoms with E-state index in [4.69, 9.17) is 10.5 Å². The third kappa shape index (κ3) is 4.57. The van der Waals surface area contributed by atoms with E-state index >= 15 is 4.39 Å². The molecule has 8 nitrogen and oxygen atoms in total. The first-order valence-corrected chi connectivity index (χ1v) is 10.4. The van der Waals surface area contributed by atoms with E-state index in [9.17, 15) is 22.4 Å². The molecule has 1 amide bonds. The number of aliphatic imine (C=N–C) groups is 1. The van der Waals surface area contributed by atoms with Gasteiger partial charge in [-0.2, -0.15) is 13.2 Å². The summed E-state index contributed by atoms with van der Waals surface area (Å²) in [4.78, 5) is 24.0. The van der Waals surface area contributed by atoms with Crippen LogP contribution in [-0.4, -0.2) is 58.5 Å². The van der Waals surface area contributed by atoms with Crippen LogP contribution in [0.15, 0.2) is 35.6 Å². The van der Waals surface area contributed by atoms with E-state index in [1.807, 2.05) is 0 Å². The lowest BCUT2D eigenvalue weighted by molar-refractivity contribution is -0.154. The monoisotopic (exact) mass is 489 g/mol. The number of hydrogen-bond donors (Lipinski definition) is 2. The molecule has 0 saturated carbocycles. The van der Waals surface area contributed by atoms with Crippen LogP contribution in [0.5, 0.6) is 5.88 Å². The summed E-state index contributed by atoms with van der Waals surface area (Å²) in [5, 5.41) is 2.55. The maximum Gasteiger partial charge on any atom is 0.422 e. The largest absolute Gasteiger partial charge is 0.467 e. The summed E-state index contributed by atoms with van der Waals surface area (Å²) in [6.45, 7) is -2.08. The Morgan fingerprint density at radius 1 is 1.27 bits per heavy atom. The number of halogens is 5. The molecule has 2 atom stereocenters. The van der Waals surface area contributed by atoms with Crippen molar-refractivity contribution in [2.75, 3.05) is 30.9 Å². The number of fused-ring (bicyclic) bond motifs is 1. The summed E-state index contributed by atoms with van der Waals surface area (Å²) >= 11 is 1.00. The van der Waals surface area contributed by atoms with Crippen molar-refractivity contribution in [2.24, 2.45) is 10.7 Å². The quantitative estimate of drug-likeness (QED) is 0.622. The molecule has 33 heavy (non-hydrogen) atoms. The van der Waals surface area contributed by atoms with Crippen LogP contribution >= 0.6 is 11.8 Å². The second kappa shape index (κ2) is 8.41. The number of carbonyl (C=O) groups is 1. The highest BCUT2D eigenvalue weighted by Crippen LogP contribution is 2.50. The Kier molecular flexibility index (Phi) is 5.90. The van der Waals surface area contributed by atoms with Crippen molar-refractivity contribution in [1.82, 2.24) is 9.97 Å². The van der Waals surface area contributed by atoms with Gasteiger partial charge in [-0.15, -0.1) is 0 Å². The van der Waals surface area contributed by atoms with Gasteiger partial charge >= 0.3 is 6.18 Å². The Bertz CT molecular complexity index is 1100. The number of benzene rings is 1. The molecule has 2 aliphatic rings. The van der Waals surface area contributed by atoms with Gasteiger partial charge in [0.05, 0.1) is 25.6 Å². The fourth-order valence-electron chi connectivity index (χ4n) is 3.47. The van der Waals surface area contributed by atoms with Crippen molar-refractivity contribution in [3.8, 4) is 5.88 Å². The molecule has 14 heteroatoms. The standard InChI is InChI=1S/C19H16F5N5O3S/c20-12-2-1-10(3-11(12)18-7-31-6-17(18,21)9-33-16(25)29-18)28-15(30)13-4-27-14(5-26-13)32-8-19(22,23)24/h1-5H,6-9H2,(H2,25,29)(H,28,30). The zero-order chi connectivity index (χ0) is 23.9. The fraction of sp³-hybridized carbons (Fsp3) is 0.368. The van der Waals surface area contributed by atoms with Crippen LogP contribution in [0.3, 0.4) is 0 Å². The third-order valence-corrected chi connectivity index (χ3v) is 6.04. The summed E-state index contributed by atoms with van der Waals surface area (Å²) in [6.07, 6.45) is -2.77. The first-order valence-electron chi connectivity index (χ1n) is 9.39. The Morgan fingerprint density at radius 2 is 2.06 bits per heavy atom. The summed E-state index contributed by atoms with van der Waals surface area (Å²) in [6, 6.07) is 3.53. The number of carbonyl (C=O) groups excluding carboxylic acids is 1. The van der Waals surface area contributed by atoms with Crippen molar-refractivity contribution in [3.05, 3.63) is 47.7 Å². The average molecular weight is 489 g/mol. The predicted octanol–water partition coefficient (Wildman–Crippen LogP) is 2.80. The zero-order valence-electron chi connectivity index (χ0n) is 16.7. The molecule has 1 fully saturated rings. The summed E-state index contributed by atoms with van der Waals surface area (Å²) in [5.41, 5.74) is 1.81. The predicted molar refractivity (Wildman–Crippen MR) is 108 cm³/mol. The molecule has 1 saturated heterocycles. The molecule has 2 aliphatic heterocycles. The van der Waals surface area contributed by atoms with Crippen LogP contribution < -0.4 is 15.8 Å². The van der Waals surface area contributed by atoms with E-state index in [1.54, 1.807) is 0 Å². The van der Waals surface area contributed by atoms with Crippen molar-refractivity contribution < 1.29 is 36.2 Å². The fourth-order valence-corrected chi connectivity index (χ4v) is 4.39. The number of nitrogens with zero attached hydrogens (tertiary/aromatic N) is 3. The number of amidine groups is 1. The average Bonchev–Trinajstić information content (AvgIpc) is 3.10. The smallest absolute Gasteiger partial charge is 0.422 e. The molecular weight excluding hydrogens is 473 g/mol. The van der Waals surface area contributed by atoms with E-state index < -0.39 is 41.6 Å². The van der Waals surface area contributed by atoms with Crippen LogP contribution in [0, 0.1) is 5.82 Å². The molecule has 2 aromatic rings. The lowest BCUT2D eigenvalue weighted by Gasteiger charge is -2.38. The highest BCUT2D eigenvalue weighted by molar-refractivity contribution is 8.13. The number of alkyl halides is 4. The van der Waals surface area contributed by atoms with Crippen LogP contribution in [0.25, 0.3) is 0 Å². The summed E-state index contributed by atoms with van der Waals surface area (Å²) < 4.78 is 76.7. The van der Waals surface area contributed by atoms with Gasteiger partial charge in [0.25, 0.3) is 5.91 Å². The highest BCUT2D eigenvalue weighted by atomic mass is 32.2. The Hall–Kier alpha value is -3.00. The van der Waals surface area contributed by atoms with Crippen molar-refractivity contribution in [2.45, 2.75) is 17.4 Å². The number of nitrogens with one attached hydrogen (secondary N) is 1. The van der Waals surface area contributed by atoms with E-state index in [0.717, 1.165) is 30.2 Å². The number of anilines is 1. The van der Waals surface area contributed by atoms with Crippen LogP contribution in [-0.2, 0) is 10.3 Å². The normalized spacial score (nSPS) is 24.7.